The molecule has 2 aromatic rings. The fourth-order valence-electron chi connectivity index (χ4n) is 3.51. The molecule has 0 unspecified atom stereocenters. The number of benzene rings is 1. The van der Waals surface area contributed by atoms with Gasteiger partial charge in [0.2, 0.25) is 0 Å². The predicted octanol–water partition coefficient (Wildman–Crippen LogP) is 3.03. The Hall–Kier alpha value is -1.65. The predicted molar refractivity (Wildman–Crippen MR) is 132 cm³/mol. The Bertz CT molecular complexity index is 759. The largest absolute Gasteiger partial charge is 0.364 e. The molecule has 1 aromatic carbocycles. The lowest BCUT2D eigenvalue weighted by atomic mass is 10.1. The minimum atomic E-state index is 0. The zero-order valence-corrected chi connectivity index (χ0v) is 20.7. The number of nitrogens with one attached hydrogen (secondary N) is 1. The molecule has 0 amide bonds. The van der Waals surface area contributed by atoms with Gasteiger partial charge >= 0.3 is 0 Å². The first-order valence-corrected chi connectivity index (χ1v) is 10.6. The zero-order valence-electron chi connectivity index (χ0n) is 18.4. The molecular formula is C22H35IN6O. The number of aliphatic imine (C=N–C) groups is 1. The van der Waals surface area contributed by atoms with Crippen LogP contribution in [0, 0.1) is 0 Å². The topological polar surface area (TPSA) is 60.1 Å². The number of guanidine groups is 1. The lowest BCUT2D eigenvalue weighted by Crippen LogP contribution is -2.52. The monoisotopic (exact) mass is 526 g/mol. The van der Waals surface area contributed by atoms with Gasteiger partial charge in [-0.3, -0.25) is 4.90 Å². The molecule has 0 bridgehead atoms. The molecule has 166 valence electrons. The molecule has 7 nitrogen and oxygen atoms in total. The van der Waals surface area contributed by atoms with Crippen LogP contribution in [-0.2, 0) is 19.6 Å². The van der Waals surface area contributed by atoms with Crippen molar-refractivity contribution in [1.29, 1.82) is 0 Å². The Morgan fingerprint density at radius 1 is 1.17 bits per heavy atom. The standard InChI is InChI=1S/C22H34N6O.HI/c1-4-23-22(24-16-19-7-6-8-20(15-19)17-26(3)5-2)28-12-10-27(11-13-28)18-21-9-14-29-25-21;/h6-9,14-15H,4-5,10-13,16-18H2,1-3H3,(H,23,24);1H. The molecule has 30 heavy (non-hydrogen) atoms. The molecule has 0 aliphatic carbocycles. The van der Waals surface area contributed by atoms with Crippen molar-refractivity contribution < 1.29 is 4.52 Å². The smallest absolute Gasteiger partial charge is 0.194 e. The summed E-state index contributed by atoms with van der Waals surface area (Å²) in [5.41, 5.74) is 3.59. The van der Waals surface area contributed by atoms with Gasteiger partial charge in [-0.2, -0.15) is 0 Å². The molecule has 1 fully saturated rings. The number of rotatable bonds is 8. The van der Waals surface area contributed by atoms with E-state index in [4.69, 9.17) is 9.52 Å². The summed E-state index contributed by atoms with van der Waals surface area (Å²) < 4.78 is 4.94. The molecule has 1 saturated heterocycles. The highest BCUT2D eigenvalue weighted by Gasteiger charge is 2.20. The van der Waals surface area contributed by atoms with Gasteiger partial charge in [0.05, 0.1) is 12.2 Å². The summed E-state index contributed by atoms with van der Waals surface area (Å²) in [6, 6.07) is 10.7. The van der Waals surface area contributed by atoms with E-state index in [-0.39, 0.29) is 24.0 Å². The van der Waals surface area contributed by atoms with E-state index >= 15 is 0 Å². The molecule has 3 rings (SSSR count). The summed E-state index contributed by atoms with van der Waals surface area (Å²) in [5.74, 6) is 1.00. The summed E-state index contributed by atoms with van der Waals surface area (Å²) in [5, 5.41) is 7.48. The fraction of sp³-hybridized carbons (Fsp3) is 0.545. The summed E-state index contributed by atoms with van der Waals surface area (Å²) in [4.78, 5) is 12.0. The van der Waals surface area contributed by atoms with Crippen molar-refractivity contribution in [3.8, 4) is 0 Å². The van der Waals surface area contributed by atoms with Crippen molar-refractivity contribution in [2.75, 3.05) is 46.3 Å². The van der Waals surface area contributed by atoms with Crippen LogP contribution in [0.15, 0.2) is 46.1 Å². The van der Waals surface area contributed by atoms with E-state index in [1.54, 1.807) is 6.26 Å². The molecule has 0 saturated carbocycles. The third kappa shape index (κ3) is 7.55. The van der Waals surface area contributed by atoms with Crippen LogP contribution in [0.5, 0.6) is 0 Å². The van der Waals surface area contributed by atoms with Gasteiger partial charge in [0.15, 0.2) is 5.96 Å². The summed E-state index contributed by atoms with van der Waals surface area (Å²) in [6.07, 6.45) is 1.64. The summed E-state index contributed by atoms with van der Waals surface area (Å²) >= 11 is 0. The summed E-state index contributed by atoms with van der Waals surface area (Å²) in [6.45, 7) is 12.7. The molecular weight excluding hydrogens is 491 g/mol. The van der Waals surface area contributed by atoms with Crippen molar-refractivity contribution in [1.82, 2.24) is 25.2 Å². The van der Waals surface area contributed by atoms with E-state index in [9.17, 15) is 0 Å². The Balaban J connectivity index is 0.00000320. The van der Waals surface area contributed by atoms with Gasteiger partial charge in [-0.1, -0.05) is 36.3 Å². The zero-order chi connectivity index (χ0) is 20.5. The van der Waals surface area contributed by atoms with Crippen molar-refractivity contribution in [3.63, 3.8) is 0 Å². The van der Waals surface area contributed by atoms with Crippen molar-refractivity contribution in [2.45, 2.75) is 33.5 Å². The first-order valence-electron chi connectivity index (χ1n) is 10.6. The van der Waals surface area contributed by atoms with E-state index in [0.717, 1.165) is 64.0 Å². The molecule has 1 aliphatic heterocycles. The number of hydrogen-bond acceptors (Lipinski definition) is 5. The maximum absolute atomic E-state index is 4.94. The Morgan fingerprint density at radius 3 is 2.60 bits per heavy atom. The lowest BCUT2D eigenvalue weighted by molar-refractivity contribution is 0.169. The van der Waals surface area contributed by atoms with E-state index in [0.29, 0.717) is 6.54 Å². The van der Waals surface area contributed by atoms with Gasteiger partial charge in [-0.15, -0.1) is 24.0 Å². The third-order valence-electron chi connectivity index (χ3n) is 5.28. The van der Waals surface area contributed by atoms with E-state index < -0.39 is 0 Å². The van der Waals surface area contributed by atoms with Crippen LogP contribution in [0.1, 0.15) is 30.7 Å². The highest BCUT2D eigenvalue weighted by atomic mass is 127. The average Bonchev–Trinajstić information content (AvgIpc) is 3.25. The second kappa shape index (κ2) is 12.9. The van der Waals surface area contributed by atoms with Crippen LogP contribution in [0.3, 0.4) is 0 Å². The van der Waals surface area contributed by atoms with Crippen LogP contribution < -0.4 is 5.32 Å². The maximum Gasteiger partial charge on any atom is 0.194 e. The molecule has 1 aromatic heterocycles. The molecule has 1 aliphatic rings. The Morgan fingerprint density at radius 2 is 1.93 bits per heavy atom. The van der Waals surface area contributed by atoms with Crippen molar-refractivity contribution in [2.24, 2.45) is 4.99 Å². The first-order chi connectivity index (χ1) is 14.2. The molecule has 8 heteroatoms. The maximum atomic E-state index is 4.94. The van der Waals surface area contributed by atoms with Crippen molar-refractivity contribution >= 4 is 29.9 Å². The van der Waals surface area contributed by atoms with Crippen LogP contribution >= 0.6 is 24.0 Å². The first kappa shape index (κ1) is 24.6. The molecule has 2 heterocycles. The Kier molecular flexibility index (Phi) is 10.6. The van der Waals surface area contributed by atoms with Crippen LogP contribution in [0.4, 0.5) is 0 Å². The van der Waals surface area contributed by atoms with Crippen LogP contribution in [0.25, 0.3) is 0 Å². The van der Waals surface area contributed by atoms with Crippen molar-refractivity contribution in [3.05, 3.63) is 53.4 Å². The number of nitrogens with zero attached hydrogens (tertiary/aromatic N) is 5. The molecule has 0 radical (unpaired) electrons. The normalized spacial score (nSPS) is 15.3. The molecule has 0 atom stereocenters. The van der Waals surface area contributed by atoms with E-state index in [1.807, 2.05) is 6.07 Å². The lowest BCUT2D eigenvalue weighted by Gasteiger charge is -2.36. The molecule has 0 spiro atoms. The van der Waals surface area contributed by atoms with Gasteiger partial charge in [-0.05, 0) is 31.6 Å². The van der Waals surface area contributed by atoms with Gasteiger partial charge in [0.1, 0.15) is 6.26 Å². The molecule has 1 N–H and O–H groups in total. The third-order valence-corrected chi connectivity index (χ3v) is 5.28. The van der Waals surface area contributed by atoms with Crippen LogP contribution in [-0.4, -0.2) is 72.1 Å². The van der Waals surface area contributed by atoms with E-state index in [1.165, 1.54) is 11.1 Å². The highest BCUT2D eigenvalue weighted by Crippen LogP contribution is 2.11. The SMILES string of the molecule is CCNC(=NCc1cccc(CN(C)CC)c1)N1CCN(Cc2ccon2)CC1.I. The Labute approximate surface area is 197 Å². The van der Waals surface area contributed by atoms with Gasteiger partial charge in [0.25, 0.3) is 0 Å². The summed E-state index contributed by atoms with van der Waals surface area (Å²) in [7, 11) is 2.15. The number of aromatic nitrogens is 1. The number of piperazine rings is 1. The average molecular weight is 526 g/mol. The van der Waals surface area contributed by atoms with Gasteiger partial charge in [0, 0.05) is 51.9 Å². The van der Waals surface area contributed by atoms with Crippen LogP contribution in [0.2, 0.25) is 0 Å². The minimum absolute atomic E-state index is 0. The fourth-order valence-corrected chi connectivity index (χ4v) is 3.51. The number of halogens is 1. The highest BCUT2D eigenvalue weighted by molar-refractivity contribution is 14.0. The second-order valence-electron chi connectivity index (χ2n) is 7.57. The van der Waals surface area contributed by atoms with Gasteiger partial charge < -0.3 is 19.6 Å². The minimum Gasteiger partial charge on any atom is -0.364 e. The van der Waals surface area contributed by atoms with Gasteiger partial charge in [-0.25, -0.2) is 4.99 Å². The number of hydrogen-bond donors (Lipinski definition) is 1. The second-order valence-corrected chi connectivity index (χ2v) is 7.57. The van der Waals surface area contributed by atoms with E-state index in [2.05, 4.69) is 70.3 Å². The quantitative estimate of drug-likeness (QED) is 0.324.